The number of carbonyl (C=O) groups is 3. The SMILES string of the molecule is CSCC[C@H](NC(=O)[C@H](CCCCN)NC(=O)[C@H](C)N)C(=O)O. The number of hydrogen-bond acceptors (Lipinski definition) is 6. The highest BCUT2D eigenvalue weighted by Crippen LogP contribution is 2.05. The molecule has 0 aromatic rings. The fourth-order valence-electron chi connectivity index (χ4n) is 1.83. The molecule has 7 N–H and O–H groups in total. The summed E-state index contributed by atoms with van der Waals surface area (Å²) in [5.74, 6) is -1.44. The molecule has 0 aromatic carbocycles. The Balaban J connectivity index is 4.79. The van der Waals surface area contributed by atoms with Crippen molar-refractivity contribution in [2.45, 2.75) is 50.7 Å². The van der Waals surface area contributed by atoms with E-state index in [-0.39, 0.29) is 0 Å². The molecule has 0 aliphatic carbocycles. The lowest BCUT2D eigenvalue weighted by Gasteiger charge is -2.22. The Morgan fingerprint density at radius 2 is 1.70 bits per heavy atom. The molecule has 0 spiro atoms. The smallest absolute Gasteiger partial charge is 0.326 e. The zero-order valence-electron chi connectivity index (χ0n) is 13.7. The van der Waals surface area contributed by atoms with Crippen molar-refractivity contribution in [3.8, 4) is 0 Å². The number of amides is 2. The van der Waals surface area contributed by atoms with Gasteiger partial charge < -0.3 is 27.2 Å². The van der Waals surface area contributed by atoms with E-state index in [0.717, 1.165) is 0 Å². The van der Waals surface area contributed by atoms with Crippen LogP contribution < -0.4 is 22.1 Å². The lowest BCUT2D eigenvalue weighted by Crippen LogP contribution is -2.54. The van der Waals surface area contributed by atoms with Crippen molar-refractivity contribution in [1.29, 1.82) is 0 Å². The van der Waals surface area contributed by atoms with Gasteiger partial charge in [-0.1, -0.05) is 0 Å². The molecule has 8 nitrogen and oxygen atoms in total. The van der Waals surface area contributed by atoms with Crippen LogP contribution in [-0.4, -0.2) is 59.6 Å². The number of carboxylic acid groups (broad SMARTS) is 1. The second kappa shape index (κ2) is 12.1. The van der Waals surface area contributed by atoms with Gasteiger partial charge in [-0.05, 0) is 51.2 Å². The van der Waals surface area contributed by atoms with Crippen LogP contribution in [0.2, 0.25) is 0 Å². The Morgan fingerprint density at radius 1 is 1.09 bits per heavy atom. The fourth-order valence-corrected chi connectivity index (χ4v) is 2.30. The molecule has 0 heterocycles. The van der Waals surface area contributed by atoms with Gasteiger partial charge in [0.25, 0.3) is 0 Å². The summed E-state index contributed by atoms with van der Waals surface area (Å²) in [6.45, 7) is 2.00. The van der Waals surface area contributed by atoms with Crippen LogP contribution in [0.4, 0.5) is 0 Å². The summed E-state index contributed by atoms with van der Waals surface area (Å²) >= 11 is 1.50. The van der Waals surface area contributed by atoms with Gasteiger partial charge in [-0.3, -0.25) is 9.59 Å². The van der Waals surface area contributed by atoms with Crippen molar-refractivity contribution in [2.24, 2.45) is 11.5 Å². The first-order valence-corrected chi connectivity index (χ1v) is 9.01. The van der Waals surface area contributed by atoms with Gasteiger partial charge in [0.2, 0.25) is 11.8 Å². The first-order chi connectivity index (χ1) is 10.8. The van der Waals surface area contributed by atoms with Crippen molar-refractivity contribution in [1.82, 2.24) is 10.6 Å². The van der Waals surface area contributed by atoms with E-state index in [9.17, 15) is 14.4 Å². The van der Waals surface area contributed by atoms with Crippen LogP contribution in [0.25, 0.3) is 0 Å². The molecule has 0 fully saturated rings. The van der Waals surface area contributed by atoms with Gasteiger partial charge in [-0.15, -0.1) is 0 Å². The number of nitrogens with two attached hydrogens (primary N) is 2. The van der Waals surface area contributed by atoms with Crippen LogP contribution in [0.3, 0.4) is 0 Å². The third-order valence-corrected chi connectivity index (χ3v) is 3.86. The Bertz CT molecular complexity index is 393. The zero-order chi connectivity index (χ0) is 17.8. The van der Waals surface area contributed by atoms with Crippen molar-refractivity contribution in [2.75, 3.05) is 18.6 Å². The molecular formula is C14H28N4O4S. The minimum atomic E-state index is -1.09. The summed E-state index contributed by atoms with van der Waals surface area (Å²) in [6, 6.07) is -2.53. The highest BCUT2D eigenvalue weighted by Gasteiger charge is 2.26. The molecule has 0 aliphatic heterocycles. The summed E-state index contributed by atoms with van der Waals surface area (Å²) in [5, 5.41) is 14.2. The van der Waals surface area contributed by atoms with Crippen molar-refractivity contribution < 1.29 is 19.5 Å². The summed E-state index contributed by atoms with van der Waals surface area (Å²) in [7, 11) is 0. The van der Waals surface area contributed by atoms with E-state index in [2.05, 4.69) is 10.6 Å². The van der Waals surface area contributed by atoms with Gasteiger partial charge in [-0.2, -0.15) is 11.8 Å². The van der Waals surface area contributed by atoms with Gasteiger partial charge in [0, 0.05) is 0 Å². The molecule has 0 aliphatic rings. The molecule has 9 heteroatoms. The van der Waals surface area contributed by atoms with Gasteiger partial charge in [0.05, 0.1) is 6.04 Å². The predicted molar refractivity (Wildman–Crippen MR) is 91.1 cm³/mol. The number of carbonyl (C=O) groups excluding carboxylic acids is 2. The van der Waals surface area contributed by atoms with E-state index >= 15 is 0 Å². The second-order valence-corrected chi connectivity index (χ2v) is 6.30. The number of nitrogens with one attached hydrogen (secondary N) is 2. The molecule has 0 saturated carbocycles. The molecule has 0 rings (SSSR count). The standard InChI is InChI=1S/C14H28N4O4S/c1-9(16)12(19)17-10(5-3-4-7-15)13(20)18-11(14(21)22)6-8-23-2/h9-11H,3-8,15-16H2,1-2H3,(H,17,19)(H,18,20)(H,21,22)/t9-,10-,11-/m0/s1. The molecular weight excluding hydrogens is 320 g/mol. The third-order valence-electron chi connectivity index (χ3n) is 3.22. The van der Waals surface area contributed by atoms with E-state index < -0.39 is 35.9 Å². The molecule has 0 radical (unpaired) electrons. The summed E-state index contributed by atoms with van der Waals surface area (Å²) in [5.41, 5.74) is 10.9. The maximum Gasteiger partial charge on any atom is 0.326 e. The maximum atomic E-state index is 12.3. The normalized spacial score (nSPS) is 14.6. The lowest BCUT2D eigenvalue weighted by atomic mass is 10.1. The van der Waals surface area contributed by atoms with Crippen molar-refractivity contribution >= 4 is 29.5 Å². The topological polar surface area (TPSA) is 148 Å². The highest BCUT2D eigenvalue weighted by atomic mass is 32.2. The van der Waals surface area contributed by atoms with Crippen molar-refractivity contribution in [3.63, 3.8) is 0 Å². The summed E-state index contributed by atoms with van der Waals surface area (Å²) in [6.07, 6.45) is 3.93. The van der Waals surface area contributed by atoms with Crippen LogP contribution in [0.1, 0.15) is 32.6 Å². The quantitative estimate of drug-likeness (QED) is 0.292. The monoisotopic (exact) mass is 348 g/mol. The van der Waals surface area contributed by atoms with Gasteiger partial charge in [0.15, 0.2) is 0 Å². The fraction of sp³-hybridized carbons (Fsp3) is 0.786. The number of carboxylic acids is 1. The van der Waals surface area contributed by atoms with E-state index in [4.69, 9.17) is 16.6 Å². The summed E-state index contributed by atoms with van der Waals surface area (Å²) in [4.78, 5) is 35.2. The van der Waals surface area contributed by atoms with E-state index in [1.165, 1.54) is 18.7 Å². The van der Waals surface area contributed by atoms with Gasteiger partial charge in [0.1, 0.15) is 12.1 Å². The van der Waals surface area contributed by atoms with Crippen LogP contribution >= 0.6 is 11.8 Å². The minimum Gasteiger partial charge on any atom is -0.480 e. The van der Waals surface area contributed by atoms with Crippen LogP contribution in [-0.2, 0) is 14.4 Å². The third kappa shape index (κ3) is 9.42. The molecule has 0 bridgehead atoms. The molecule has 0 saturated heterocycles. The first kappa shape index (κ1) is 21.7. The lowest BCUT2D eigenvalue weighted by molar-refractivity contribution is -0.142. The first-order valence-electron chi connectivity index (χ1n) is 7.61. The molecule has 0 unspecified atom stereocenters. The van der Waals surface area contributed by atoms with Crippen LogP contribution in [0.5, 0.6) is 0 Å². The number of unbranched alkanes of at least 4 members (excludes halogenated alkanes) is 1. The predicted octanol–water partition coefficient (Wildman–Crippen LogP) is -0.730. The Morgan fingerprint density at radius 3 is 2.17 bits per heavy atom. The molecule has 0 aromatic heterocycles. The molecule has 134 valence electrons. The number of thioether (sulfide) groups is 1. The molecule has 2 amide bonds. The Kier molecular flexibility index (Phi) is 11.4. The van der Waals surface area contributed by atoms with Crippen LogP contribution in [0.15, 0.2) is 0 Å². The van der Waals surface area contributed by atoms with Gasteiger partial charge >= 0.3 is 5.97 Å². The Labute approximate surface area is 141 Å². The largest absolute Gasteiger partial charge is 0.480 e. The Hall–Kier alpha value is -1.32. The minimum absolute atomic E-state index is 0.318. The van der Waals surface area contributed by atoms with Gasteiger partial charge in [-0.25, -0.2) is 4.79 Å². The van der Waals surface area contributed by atoms with Crippen LogP contribution in [0, 0.1) is 0 Å². The van der Waals surface area contributed by atoms with Crippen molar-refractivity contribution in [3.05, 3.63) is 0 Å². The number of hydrogen-bond donors (Lipinski definition) is 5. The average Bonchev–Trinajstić information content (AvgIpc) is 2.49. The maximum absolute atomic E-state index is 12.3. The van der Waals surface area contributed by atoms with E-state index in [1.807, 2.05) is 6.26 Å². The average molecular weight is 348 g/mol. The number of aliphatic carboxylic acids is 1. The summed E-state index contributed by atoms with van der Waals surface area (Å²) < 4.78 is 0. The number of rotatable bonds is 12. The van der Waals surface area contributed by atoms with E-state index in [1.54, 1.807) is 0 Å². The highest BCUT2D eigenvalue weighted by molar-refractivity contribution is 7.98. The molecule has 23 heavy (non-hydrogen) atoms. The second-order valence-electron chi connectivity index (χ2n) is 5.32. The van der Waals surface area contributed by atoms with E-state index in [0.29, 0.717) is 38.0 Å². The zero-order valence-corrected chi connectivity index (χ0v) is 14.5. The molecule has 3 atom stereocenters.